The number of carboxylic acid groups (broad SMARTS) is 1. The molecule has 6 heteroatoms. The predicted molar refractivity (Wildman–Crippen MR) is 85.0 cm³/mol. The average molecular weight is 309 g/mol. The summed E-state index contributed by atoms with van der Waals surface area (Å²) in [5.74, 6) is -0.398. The molecular weight excluding hydrogens is 294 g/mol. The molecule has 1 aromatic heterocycles. The minimum Gasteiger partial charge on any atom is -0.497 e. The zero-order chi connectivity index (χ0) is 16.4. The van der Waals surface area contributed by atoms with Crippen molar-refractivity contribution in [1.82, 2.24) is 15.0 Å². The maximum Gasteiger partial charge on any atom is 0.358 e. The van der Waals surface area contributed by atoms with Crippen molar-refractivity contribution < 1.29 is 14.6 Å². The van der Waals surface area contributed by atoms with Gasteiger partial charge in [-0.1, -0.05) is 29.0 Å². The zero-order valence-electron chi connectivity index (χ0n) is 12.7. The number of hydrogen-bond donors (Lipinski definition) is 1. The Kier molecular flexibility index (Phi) is 3.80. The van der Waals surface area contributed by atoms with E-state index in [1.165, 1.54) is 4.68 Å². The van der Waals surface area contributed by atoms with Gasteiger partial charge < -0.3 is 9.84 Å². The number of hydrogen-bond acceptors (Lipinski definition) is 4. The average Bonchev–Trinajstić information content (AvgIpc) is 3.00. The standard InChI is InChI=1S/C17H15N3O3/c1-11-4-3-5-12(10-11)16-15(17(21)22)18-19-20(16)13-6-8-14(23-2)9-7-13/h3-10H,1-2H3,(H,21,22). The summed E-state index contributed by atoms with van der Waals surface area (Å²) in [6.45, 7) is 1.95. The molecule has 6 nitrogen and oxygen atoms in total. The molecule has 1 N–H and O–H groups in total. The van der Waals surface area contributed by atoms with Crippen molar-refractivity contribution in [3.8, 4) is 22.7 Å². The van der Waals surface area contributed by atoms with Crippen LogP contribution in [0.4, 0.5) is 0 Å². The second-order valence-corrected chi connectivity index (χ2v) is 5.07. The van der Waals surface area contributed by atoms with Crippen LogP contribution in [0.3, 0.4) is 0 Å². The van der Waals surface area contributed by atoms with E-state index in [1.54, 1.807) is 31.4 Å². The van der Waals surface area contributed by atoms with E-state index in [2.05, 4.69) is 10.3 Å². The lowest BCUT2D eigenvalue weighted by Crippen LogP contribution is -2.03. The van der Waals surface area contributed by atoms with E-state index in [0.29, 0.717) is 17.1 Å². The Balaban J connectivity index is 2.19. The Morgan fingerprint density at radius 1 is 1.17 bits per heavy atom. The summed E-state index contributed by atoms with van der Waals surface area (Å²) in [6.07, 6.45) is 0. The van der Waals surface area contributed by atoms with E-state index < -0.39 is 5.97 Å². The number of carboxylic acids is 1. The van der Waals surface area contributed by atoms with Crippen molar-refractivity contribution in [2.24, 2.45) is 0 Å². The number of aromatic carboxylic acids is 1. The third-order valence-corrected chi connectivity index (χ3v) is 3.48. The van der Waals surface area contributed by atoms with Crippen LogP contribution in [0.5, 0.6) is 5.75 Å². The molecule has 23 heavy (non-hydrogen) atoms. The van der Waals surface area contributed by atoms with Crippen molar-refractivity contribution >= 4 is 5.97 Å². The number of rotatable bonds is 4. The van der Waals surface area contributed by atoms with E-state index >= 15 is 0 Å². The lowest BCUT2D eigenvalue weighted by atomic mass is 10.1. The van der Waals surface area contributed by atoms with Crippen LogP contribution in [-0.4, -0.2) is 33.2 Å². The maximum atomic E-state index is 11.5. The van der Waals surface area contributed by atoms with Gasteiger partial charge in [-0.2, -0.15) is 0 Å². The molecule has 116 valence electrons. The first-order valence-corrected chi connectivity index (χ1v) is 7.00. The fraction of sp³-hybridized carbons (Fsp3) is 0.118. The van der Waals surface area contributed by atoms with Crippen molar-refractivity contribution in [2.45, 2.75) is 6.92 Å². The van der Waals surface area contributed by atoms with Gasteiger partial charge in [0.25, 0.3) is 0 Å². The maximum absolute atomic E-state index is 11.5. The number of aromatic nitrogens is 3. The minimum absolute atomic E-state index is 0.0774. The number of carbonyl (C=O) groups is 1. The third kappa shape index (κ3) is 2.78. The van der Waals surface area contributed by atoms with Crippen LogP contribution in [0.2, 0.25) is 0 Å². The molecule has 0 radical (unpaired) electrons. The van der Waals surface area contributed by atoms with Gasteiger partial charge >= 0.3 is 5.97 Å². The second kappa shape index (κ2) is 5.92. The summed E-state index contributed by atoms with van der Waals surface area (Å²) in [6, 6.07) is 14.8. The second-order valence-electron chi connectivity index (χ2n) is 5.07. The van der Waals surface area contributed by atoms with Gasteiger partial charge in [0.1, 0.15) is 11.4 Å². The van der Waals surface area contributed by atoms with E-state index in [-0.39, 0.29) is 5.69 Å². The smallest absolute Gasteiger partial charge is 0.358 e. The fourth-order valence-corrected chi connectivity index (χ4v) is 2.38. The Labute approximate surface area is 133 Å². The highest BCUT2D eigenvalue weighted by atomic mass is 16.5. The highest BCUT2D eigenvalue weighted by Crippen LogP contribution is 2.26. The molecule has 0 aliphatic heterocycles. The molecule has 0 bridgehead atoms. The van der Waals surface area contributed by atoms with Gasteiger partial charge in [0.05, 0.1) is 12.8 Å². The first-order chi connectivity index (χ1) is 11.1. The number of nitrogens with zero attached hydrogens (tertiary/aromatic N) is 3. The van der Waals surface area contributed by atoms with Crippen molar-refractivity contribution in [3.05, 3.63) is 59.8 Å². The lowest BCUT2D eigenvalue weighted by Gasteiger charge is -2.09. The fourth-order valence-electron chi connectivity index (χ4n) is 2.38. The molecule has 0 amide bonds. The molecule has 0 atom stereocenters. The van der Waals surface area contributed by atoms with Crippen LogP contribution in [-0.2, 0) is 0 Å². The molecule has 1 heterocycles. The van der Waals surface area contributed by atoms with E-state index in [1.807, 2.05) is 31.2 Å². The molecule has 0 spiro atoms. The van der Waals surface area contributed by atoms with Gasteiger partial charge in [-0.3, -0.25) is 0 Å². The van der Waals surface area contributed by atoms with Crippen molar-refractivity contribution in [2.75, 3.05) is 7.11 Å². The summed E-state index contributed by atoms with van der Waals surface area (Å²) in [7, 11) is 1.59. The number of methoxy groups -OCH3 is 1. The number of aryl methyl sites for hydroxylation is 1. The van der Waals surface area contributed by atoms with E-state index in [9.17, 15) is 9.90 Å². The van der Waals surface area contributed by atoms with Crippen LogP contribution < -0.4 is 4.74 Å². The van der Waals surface area contributed by atoms with E-state index in [4.69, 9.17) is 4.74 Å². The van der Waals surface area contributed by atoms with Gasteiger partial charge in [0.15, 0.2) is 5.69 Å². The third-order valence-electron chi connectivity index (χ3n) is 3.48. The quantitative estimate of drug-likeness (QED) is 0.801. The predicted octanol–water partition coefficient (Wildman–Crippen LogP) is 2.95. The van der Waals surface area contributed by atoms with Crippen molar-refractivity contribution in [3.63, 3.8) is 0 Å². The molecule has 3 rings (SSSR count). The summed E-state index contributed by atoms with van der Waals surface area (Å²) in [5.41, 5.74) is 2.87. The molecule has 0 fully saturated rings. The van der Waals surface area contributed by atoms with Crippen LogP contribution >= 0.6 is 0 Å². The normalized spacial score (nSPS) is 10.5. The first-order valence-electron chi connectivity index (χ1n) is 7.00. The monoisotopic (exact) mass is 309 g/mol. The molecule has 3 aromatic rings. The highest BCUT2D eigenvalue weighted by molar-refractivity contribution is 5.93. The molecule has 0 unspecified atom stereocenters. The summed E-state index contributed by atoms with van der Waals surface area (Å²) < 4.78 is 6.67. The van der Waals surface area contributed by atoms with Crippen LogP contribution in [0.25, 0.3) is 16.9 Å². The Bertz CT molecular complexity index is 854. The Hall–Kier alpha value is -3.15. The van der Waals surface area contributed by atoms with Gasteiger partial charge in [0.2, 0.25) is 0 Å². The topological polar surface area (TPSA) is 77.2 Å². The molecule has 0 saturated carbocycles. The van der Waals surface area contributed by atoms with Gasteiger partial charge in [-0.15, -0.1) is 5.10 Å². The minimum atomic E-state index is -1.11. The largest absolute Gasteiger partial charge is 0.497 e. The van der Waals surface area contributed by atoms with Crippen LogP contribution in [0.1, 0.15) is 16.1 Å². The lowest BCUT2D eigenvalue weighted by molar-refractivity contribution is 0.0691. The van der Waals surface area contributed by atoms with Gasteiger partial charge in [0, 0.05) is 5.56 Å². The Morgan fingerprint density at radius 2 is 1.91 bits per heavy atom. The highest BCUT2D eigenvalue weighted by Gasteiger charge is 2.21. The summed E-state index contributed by atoms with van der Waals surface area (Å²) in [4.78, 5) is 11.5. The number of benzene rings is 2. The van der Waals surface area contributed by atoms with Crippen LogP contribution in [0.15, 0.2) is 48.5 Å². The number of ether oxygens (including phenoxy) is 1. The Morgan fingerprint density at radius 3 is 2.52 bits per heavy atom. The SMILES string of the molecule is COc1ccc(-n2nnc(C(=O)O)c2-c2cccc(C)c2)cc1. The molecular formula is C17H15N3O3. The molecule has 0 aliphatic carbocycles. The molecule has 0 saturated heterocycles. The van der Waals surface area contributed by atoms with E-state index in [0.717, 1.165) is 11.1 Å². The molecule has 0 aliphatic rings. The first kappa shape index (κ1) is 14.8. The van der Waals surface area contributed by atoms with Crippen LogP contribution in [0, 0.1) is 6.92 Å². The van der Waals surface area contributed by atoms with Crippen molar-refractivity contribution in [1.29, 1.82) is 0 Å². The zero-order valence-corrected chi connectivity index (χ0v) is 12.7. The molecule has 2 aromatic carbocycles. The summed E-state index contributed by atoms with van der Waals surface area (Å²) in [5, 5.41) is 17.2. The van der Waals surface area contributed by atoms with Gasteiger partial charge in [-0.25, -0.2) is 9.48 Å². The van der Waals surface area contributed by atoms with Gasteiger partial charge in [-0.05, 0) is 37.3 Å². The summed E-state index contributed by atoms with van der Waals surface area (Å²) >= 11 is 0.